The molecule has 0 amide bonds. The molecule has 0 radical (unpaired) electrons. The first-order chi connectivity index (χ1) is 7.66. The highest BCUT2D eigenvalue weighted by atomic mass is 79.9. The van der Waals surface area contributed by atoms with Crippen LogP contribution >= 0.6 is 15.9 Å². The van der Waals surface area contributed by atoms with E-state index in [0.717, 1.165) is 34.4 Å². The topological polar surface area (TPSA) is 34.0 Å². The summed E-state index contributed by atoms with van der Waals surface area (Å²) in [7, 11) is 4.20. The number of rotatable bonds is 1. The monoisotopic (exact) mass is 280 g/mol. The summed E-state index contributed by atoms with van der Waals surface area (Å²) >= 11 is 3.43. The molecule has 0 saturated carbocycles. The van der Waals surface area contributed by atoms with E-state index in [1.165, 1.54) is 0 Å². The number of pyridine rings is 1. The summed E-state index contributed by atoms with van der Waals surface area (Å²) in [5, 5.41) is 0. The smallest absolute Gasteiger partial charge is 0.160 e. The van der Waals surface area contributed by atoms with Crippen molar-refractivity contribution >= 4 is 27.1 Å². The Bertz CT molecular complexity index is 546. The van der Waals surface area contributed by atoms with Gasteiger partial charge in [-0.25, -0.2) is 9.97 Å². The number of hydrogen-bond donors (Lipinski definition) is 0. The van der Waals surface area contributed by atoms with Gasteiger partial charge in [0.05, 0.1) is 6.04 Å². The summed E-state index contributed by atoms with van der Waals surface area (Å²) in [5.41, 5.74) is 1.98. The van der Waals surface area contributed by atoms with Gasteiger partial charge >= 0.3 is 0 Å². The number of aromatic nitrogens is 3. The lowest BCUT2D eigenvalue weighted by molar-refractivity contribution is 0.294. The van der Waals surface area contributed by atoms with Gasteiger partial charge in [-0.05, 0) is 42.5 Å². The molecule has 1 atom stereocenters. The molecule has 5 heteroatoms. The van der Waals surface area contributed by atoms with Gasteiger partial charge in [0.2, 0.25) is 0 Å². The van der Waals surface area contributed by atoms with Gasteiger partial charge in [-0.1, -0.05) is 0 Å². The molecule has 84 valence electrons. The molecule has 3 heterocycles. The maximum absolute atomic E-state index is 4.69. The molecule has 3 rings (SSSR count). The molecule has 0 aromatic carbocycles. The lowest BCUT2D eigenvalue weighted by Crippen LogP contribution is -2.18. The van der Waals surface area contributed by atoms with Crippen LogP contribution < -0.4 is 0 Å². The normalized spacial score (nSPS) is 19.6. The van der Waals surface area contributed by atoms with Crippen LogP contribution in [0.2, 0.25) is 0 Å². The Kier molecular flexibility index (Phi) is 2.26. The Balaban J connectivity index is 2.20. The molecule has 0 saturated heterocycles. The van der Waals surface area contributed by atoms with E-state index in [1.807, 2.05) is 12.3 Å². The van der Waals surface area contributed by atoms with Crippen molar-refractivity contribution in [1.82, 2.24) is 19.4 Å². The van der Waals surface area contributed by atoms with Crippen molar-refractivity contribution in [3.05, 3.63) is 22.6 Å². The van der Waals surface area contributed by atoms with Gasteiger partial charge in [-0.15, -0.1) is 0 Å². The molecular weight excluding hydrogens is 268 g/mol. The average Bonchev–Trinajstić information content (AvgIpc) is 2.74. The van der Waals surface area contributed by atoms with Gasteiger partial charge in [0.1, 0.15) is 11.3 Å². The number of halogens is 1. The zero-order valence-corrected chi connectivity index (χ0v) is 10.9. The molecule has 4 nitrogen and oxygen atoms in total. The standard InChI is InChI=1S/C11H13BrN4/c1-15(2)9-3-4-16-10-8(14-11(9)16)5-7(12)6-13-10/h5-6,9H,3-4H2,1-2H3. The lowest BCUT2D eigenvalue weighted by Gasteiger charge is -2.16. The van der Waals surface area contributed by atoms with Crippen LogP contribution in [0.25, 0.3) is 11.2 Å². The second kappa shape index (κ2) is 3.53. The van der Waals surface area contributed by atoms with Gasteiger partial charge < -0.3 is 4.57 Å². The van der Waals surface area contributed by atoms with E-state index >= 15 is 0 Å². The molecule has 0 aliphatic carbocycles. The summed E-state index contributed by atoms with van der Waals surface area (Å²) in [6.45, 7) is 1.02. The van der Waals surface area contributed by atoms with Crippen LogP contribution in [0.1, 0.15) is 18.3 Å². The van der Waals surface area contributed by atoms with E-state index in [4.69, 9.17) is 0 Å². The average molecular weight is 281 g/mol. The minimum Gasteiger partial charge on any atom is -0.311 e. The summed E-state index contributed by atoms with van der Waals surface area (Å²) in [6, 6.07) is 2.45. The van der Waals surface area contributed by atoms with Crippen molar-refractivity contribution < 1.29 is 0 Å². The predicted octanol–water partition coefficient (Wildman–Crippen LogP) is 2.20. The molecule has 1 aliphatic rings. The molecule has 0 spiro atoms. The SMILES string of the molecule is CN(C)C1CCn2c1nc1cc(Br)cnc12. The molecule has 0 bridgehead atoms. The van der Waals surface area contributed by atoms with Crippen LogP contribution in [0.5, 0.6) is 0 Å². The molecule has 1 unspecified atom stereocenters. The first-order valence-corrected chi connectivity index (χ1v) is 6.14. The first kappa shape index (κ1) is 10.2. The number of hydrogen-bond acceptors (Lipinski definition) is 3. The highest BCUT2D eigenvalue weighted by Crippen LogP contribution is 2.32. The minimum atomic E-state index is 0.424. The fraction of sp³-hybridized carbons (Fsp3) is 0.455. The third-order valence-electron chi connectivity index (χ3n) is 3.13. The fourth-order valence-corrected chi connectivity index (χ4v) is 2.67. The summed E-state index contributed by atoms with van der Waals surface area (Å²) in [5.74, 6) is 1.14. The van der Waals surface area contributed by atoms with Crippen LogP contribution in [-0.2, 0) is 6.54 Å². The van der Waals surface area contributed by atoms with E-state index < -0.39 is 0 Å². The van der Waals surface area contributed by atoms with Crippen LogP contribution in [0, 0.1) is 0 Å². The van der Waals surface area contributed by atoms with Crippen molar-refractivity contribution in [3.63, 3.8) is 0 Å². The van der Waals surface area contributed by atoms with Crippen molar-refractivity contribution in [2.45, 2.75) is 19.0 Å². The fourth-order valence-electron chi connectivity index (χ4n) is 2.35. The highest BCUT2D eigenvalue weighted by molar-refractivity contribution is 9.10. The number of imidazole rings is 1. The van der Waals surface area contributed by atoms with Gasteiger partial charge in [0.25, 0.3) is 0 Å². The molecule has 2 aromatic rings. The van der Waals surface area contributed by atoms with Gasteiger partial charge in [-0.3, -0.25) is 4.90 Å². The van der Waals surface area contributed by atoms with Crippen molar-refractivity contribution in [2.75, 3.05) is 14.1 Å². The number of aryl methyl sites for hydroxylation is 1. The van der Waals surface area contributed by atoms with E-state index in [0.29, 0.717) is 6.04 Å². The first-order valence-electron chi connectivity index (χ1n) is 5.35. The van der Waals surface area contributed by atoms with Crippen LogP contribution in [0.15, 0.2) is 16.7 Å². The summed E-state index contributed by atoms with van der Waals surface area (Å²) in [4.78, 5) is 11.3. The molecule has 2 aromatic heterocycles. The van der Waals surface area contributed by atoms with Crippen molar-refractivity contribution in [1.29, 1.82) is 0 Å². The Morgan fingerprint density at radius 3 is 3.06 bits per heavy atom. The Hall–Kier alpha value is -0.940. The van der Waals surface area contributed by atoms with E-state index in [1.54, 1.807) is 0 Å². The van der Waals surface area contributed by atoms with Crippen LogP contribution in [0.3, 0.4) is 0 Å². The molecule has 0 N–H and O–H groups in total. The summed E-state index contributed by atoms with van der Waals surface area (Å²) < 4.78 is 3.21. The molecule has 0 fully saturated rings. The zero-order chi connectivity index (χ0) is 11.3. The minimum absolute atomic E-state index is 0.424. The highest BCUT2D eigenvalue weighted by Gasteiger charge is 2.28. The molecule has 16 heavy (non-hydrogen) atoms. The quantitative estimate of drug-likeness (QED) is 0.803. The second-order valence-corrected chi connectivity index (χ2v) is 5.30. The Morgan fingerprint density at radius 1 is 1.50 bits per heavy atom. The van der Waals surface area contributed by atoms with Gasteiger partial charge in [0, 0.05) is 17.2 Å². The Labute approximate surface area is 102 Å². The molecular formula is C11H13BrN4. The summed E-state index contributed by atoms with van der Waals surface area (Å²) in [6.07, 6.45) is 2.96. The second-order valence-electron chi connectivity index (χ2n) is 4.39. The van der Waals surface area contributed by atoms with Crippen LogP contribution in [0.4, 0.5) is 0 Å². The zero-order valence-electron chi connectivity index (χ0n) is 9.31. The maximum Gasteiger partial charge on any atom is 0.160 e. The number of fused-ring (bicyclic) bond motifs is 3. The van der Waals surface area contributed by atoms with E-state index in [2.05, 4.69) is 49.5 Å². The maximum atomic E-state index is 4.69. The van der Waals surface area contributed by atoms with Gasteiger partial charge in [-0.2, -0.15) is 0 Å². The van der Waals surface area contributed by atoms with Gasteiger partial charge in [0.15, 0.2) is 5.65 Å². The van der Waals surface area contributed by atoms with E-state index in [9.17, 15) is 0 Å². The van der Waals surface area contributed by atoms with Crippen molar-refractivity contribution in [2.24, 2.45) is 0 Å². The Morgan fingerprint density at radius 2 is 2.31 bits per heavy atom. The third kappa shape index (κ3) is 1.38. The lowest BCUT2D eigenvalue weighted by atomic mass is 10.2. The van der Waals surface area contributed by atoms with Crippen LogP contribution in [-0.4, -0.2) is 33.5 Å². The predicted molar refractivity (Wildman–Crippen MR) is 66.3 cm³/mol. The van der Waals surface area contributed by atoms with Crippen molar-refractivity contribution in [3.8, 4) is 0 Å². The molecule has 1 aliphatic heterocycles. The number of nitrogens with zero attached hydrogens (tertiary/aromatic N) is 4. The third-order valence-corrected chi connectivity index (χ3v) is 3.56. The largest absolute Gasteiger partial charge is 0.311 e. The van der Waals surface area contributed by atoms with E-state index in [-0.39, 0.29) is 0 Å².